The zero-order valence-corrected chi connectivity index (χ0v) is 16.6. The topological polar surface area (TPSA) is 0 Å². The van der Waals surface area contributed by atoms with Crippen LogP contribution in [-0.2, 0) is 0 Å². The quantitative estimate of drug-likeness (QED) is 0.508. The molecule has 1 nitrogen and oxygen atoms in total. The molecule has 0 saturated heterocycles. The maximum atomic E-state index is 2.48. The fourth-order valence-electron chi connectivity index (χ4n) is 4.97. The van der Waals surface area contributed by atoms with Crippen LogP contribution >= 0.6 is 0 Å². The van der Waals surface area contributed by atoms with Crippen molar-refractivity contribution in [3.63, 3.8) is 0 Å². The van der Waals surface area contributed by atoms with Crippen LogP contribution in [0.25, 0.3) is 0 Å². The normalized spacial score (nSPS) is 27.8. The molecule has 0 radical (unpaired) electrons. The number of hydrogen-bond acceptors (Lipinski definition) is 0. The molecule has 0 N–H and O–H groups in total. The van der Waals surface area contributed by atoms with Crippen LogP contribution in [-0.4, -0.2) is 32.2 Å². The van der Waals surface area contributed by atoms with Gasteiger partial charge in [-0.2, -0.15) is 0 Å². The number of nitrogens with zero attached hydrogens (tertiary/aromatic N) is 1. The van der Waals surface area contributed by atoms with Gasteiger partial charge in [-0.1, -0.05) is 55.5 Å². The van der Waals surface area contributed by atoms with Gasteiger partial charge in [0.05, 0.1) is 27.7 Å². The van der Waals surface area contributed by atoms with Gasteiger partial charge in [0.25, 0.3) is 0 Å². The van der Waals surface area contributed by atoms with Gasteiger partial charge in [0.2, 0.25) is 0 Å². The first-order chi connectivity index (χ1) is 10.5. The number of hydrogen-bond donors (Lipinski definition) is 0. The van der Waals surface area contributed by atoms with Gasteiger partial charge in [-0.25, -0.2) is 0 Å². The molecule has 0 unspecified atom stereocenters. The Morgan fingerprint density at radius 2 is 1.13 bits per heavy atom. The van der Waals surface area contributed by atoms with E-state index in [1.807, 2.05) is 0 Å². The molecule has 2 aromatic carbocycles. The van der Waals surface area contributed by atoms with E-state index in [2.05, 4.69) is 76.6 Å². The van der Waals surface area contributed by atoms with Crippen molar-refractivity contribution < 1.29 is 28.5 Å². The standard InChI is InChI=1S/C21H26N.HI/c1-14-19(13-22(2,3)4)21-17-11-7-5-9-15(17)20(14)16-10-6-8-12-18(16)21;/h5-12,14,19-21H,13H2,1-4H3;1H/q+1;/p-1/t14-,19-,20?,21?;/m1./s1. The van der Waals surface area contributed by atoms with E-state index >= 15 is 0 Å². The molecule has 5 rings (SSSR count). The first-order valence-corrected chi connectivity index (χ1v) is 8.45. The molecule has 2 bridgehead atoms. The van der Waals surface area contributed by atoms with Gasteiger partial charge >= 0.3 is 0 Å². The van der Waals surface area contributed by atoms with Crippen molar-refractivity contribution in [2.45, 2.75) is 18.8 Å². The first kappa shape index (κ1) is 17.0. The lowest BCUT2D eigenvalue weighted by molar-refractivity contribution is -0.874. The lowest BCUT2D eigenvalue weighted by atomic mass is 9.54. The van der Waals surface area contributed by atoms with E-state index in [0.717, 1.165) is 10.4 Å². The SMILES string of the molecule is C[C@H]1C2c3ccccc3C(c3ccccc32)[C@@H]1C[N+](C)(C)C.[I-]. The lowest BCUT2D eigenvalue weighted by Gasteiger charge is -2.50. The molecule has 0 heterocycles. The summed E-state index contributed by atoms with van der Waals surface area (Å²) in [6.45, 7) is 3.72. The predicted octanol–water partition coefficient (Wildman–Crippen LogP) is 1.24. The van der Waals surface area contributed by atoms with Crippen molar-refractivity contribution >= 4 is 0 Å². The second kappa shape index (κ2) is 5.89. The molecule has 2 aromatic rings. The van der Waals surface area contributed by atoms with Crippen molar-refractivity contribution in [1.29, 1.82) is 0 Å². The number of quaternary nitrogens is 1. The second-order valence-corrected chi connectivity index (χ2v) is 8.21. The van der Waals surface area contributed by atoms with E-state index in [1.165, 1.54) is 6.54 Å². The van der Waals surface area contributed by atoms with Crippen LogP contribution in [0.4, 0.5) is 0 Å². The minimum Gasteiger partial charge on any atom is -1.00 e. The van der Waals surface area contributed by atoms with Crippen molar-refractivity contribution in [2.24, 2.45) is 11.8 Å². The van der Waals surface area contributed by atoms with Crippen LogP contribution in [0.2, 0.25) is 0 Å². The summed E-state index contributed by atoms with van der Waals surface area (Å²) < 4.78 is 1.04. The largest absolute Gasteiger partial charge is 1.00 e. The summed E-state index contributed by atoms with van der Waals surface area (Å²) in [7, 11) is 6.98. The molecule has 2 heteroatoms. The maximum absolute atomic E-state index is 2.48. The Hall–Kier alpha value is -0.870. The van der Waals surface area contributed by atoms with Gasteiger partial charge in [-0.15, -0.1) is 0 Å². The molecule has 23 heavy (non-hydrogen) atoms. The van der Waals surface area contributed by atoms with E-state index in [0.29, 0.717) is 17.8 Å². The minimum absolute atomic E-state index is 0. The van der Waals surface area contributed by atoms with E-state index in [-0.39, 0.29) is 24.0 Å². The predicted molar refractivity (Wildman–Crippen MR) is 92.1 cm³/mol. The minimum atomic E-state index is 0. The molecule has 2 atom stereocenters. The zero-order valence-electron chi connectivity index (χ0n) is 14.5. The summed E-state index contributed by atoms with van der Waals surface area (Å²) in [5, 5.41) is 0. The molecular formula is C21H26IN. The van der Waals surface area contributed by atoms with Crippen LogP contribution in [0.3, 0.4) is 0 Å². The van der Waals surface area contributed by atoms with Crippen molar-refractivity contribution in [1.82, 2.24) is 0 Å². The smallest absolute Gasteiger partial charge is 0.0821 e. The van der Waals surface area contributed by atoms with Gasteiger partial charge in [0, 0.05) is 17.8 Å². The van der Waals surface area contributed by atoms with E-state index in [1.54, 1.807) is 22.3 Å². The van der Waals surface area contributed by atoms with Gasteiger partial charge in [0.15, 0.2) is 0 Å². The third-order valence-electron chi connectivity index (χ3n) is 5.72. The Morgan fingerprint density at radius 1 is 0.739 bits per heavy atom. The highest BCUT2D eigenvalue weighted by Crippen LogP contribution is 2.58. The summed E-state index contributed by atoms with van der Waals surface area (Å²) in [4.78, 5) is 0. The van der Waals surface area contributed by atoms with Crippen LogP contribution in [0.15, 0.2) is 48.5 Å². The number of fused-ring (bicyclic) bond motifs is 1. The average Bonchev–Trinajstić information content (AvgIpc) is 2.48. The summed E-state index contributed by atoms with van der Waals surface area (Å²) in [6.07, 6.45) is 0. The molecule has 0 spiro atoms. The molecule has 0 saturated carbocycles. The van der Waals surface area contributed by atoms with E-state index in [9.17, 15) is 0 Å². The fraction of sp³-hybridized carbons (Fsp3) is 0.429. The zero-order chi connectivity index (χ0) is 15.5. The Morgan fingerprint density at radius 3 is 1.52 bits per heavy atom. The third kappa shape index (κ3) is 2.64. The molecule has 0 amide bonds. The average molecular weight is 419 g/mol. The number of rotatable bonds is 2. The van der Waals surface area contributed by atoms with Gasteiger partial charge in [-0.05, 0) is 28.2 Å². The molecule has 0 fully saturated rings. The van der Waals surface area contributed by atoms with E-state index in [4.69, 9.17) is 0 Å². The Labute approximate surface area is 157 Å². The van der Waals surface area contributed by atoms with Crippen molar-refractivity contribution in [3.8, 4) is 0 Å². The van der Waals surface area contributed by atoms with Crippen LogP contribution in [0.1, 0.15) is 41.0 Å². The number of benzene rings is 2. The Kier molecular flexibility index (Phi) is 4.35. The summed E-state index contributed by atoms with van der Waals surface area (Å²) >= 11 is 0. The van der Waals surface area contributed by atoms with Gasteiger partial charge < -0.3 is 28.5 Å². The summed E-state index contributed by atoms with van der Waals surface area (Å²) in [6, 6.07) is 18.3. The maximum Gasteiger partial charge on any atom is 0.0821 e. The second-order valence-electron chi connectivity index (χ2n) is 8.21. The first-order valence-electron chi connectivity index (χ1n) is 8.45. The molecule has 3 aliphatic rings. The fourth-order valence-corrected chi connectivity index (χ4v) is 4.97. The van der Waals surface area contributed by atoms with Crippen LogP contribution in [0.5, 0.6) is 0 Å². The Balaban J connectivity index is 0.00000156. The molecular weight excluding hydrogens is 393 g/mol. The number of halogens is 1. The molecule has 0 aliphatic heterocycles. The molecule has 0 aromatic heterocycles. The lowest BCUT2D eigenvalue weighted by Crippen LogP contribution is -3.00. The Bertz CT molecular complexity index is 668. The molecule has 122 valence electrons. The monoisotopic (exact) mass is 419 g/mol. The van der Waals surface area contributed by atoms with Crippen LogP contribution in [0, 0.1) is 11.8 Å². The highest BCUT2D eigenvalue weighted by molar-refractivity contribution is 5.56. The highest BCUT2D eigenvalue weighted by Gasteiger charge is 2.49. The van der Waals surface area contributed by atoms with E-state index < -0.39 is 0 Å². The van der Waals surface area contributed by atoms with Crippen LogP contribution < -0.4 is 24.0 Å². The summed E-state index contributed by atoms with van der Waals surface area (Å²) in [5.41, 5.74) is 6.33. The molecule has 3 aliphatic carbocycles. The summed E-state index contributed by atoms with van der Waals surface area (Å²) in [5.74, 6) is 2.60. The van der Waals surface area contributed by atoms with Gasteiger partial charge in [0.1, 0.15) is 0 Å². The highest BCUT2D eigenvalue weighted by atomic mass is 127. The van der Waals surface area contributed by atoms with Gasteiger partial charge in [-0.3, -0.25) is 0 Å². The third-order valence-corrected chi connectivity index (χ3v) is 5.72. The van der Waals surface area contributed by atoms with Crippen molar-refractivity contribution in [3.05, 3.63) is 70.8 Å². The van der Waals surface area contributed by atoms with Crippen molar-refractivity contribution in [2.75, 3.05) is 27.7 Å².